The second-order valence-electron chi connectivity index (χ2n) is 5.73. The summed E-state index contributed by atoms with van der Waals surface area (Å²) in [5.41, 5.74) is 9.18. The molecule has 3 nitrogen and oxygen atoms in total. The van der Waals surface area contributed by atoms with Gasteiger partial charge >= 0.3 is 0 Å². The Labute approximate surface area is 128 Å². The van der Waals surface area contributed by atoms with Crippen LogP contribution < -0.4 is 15.2 Å². The molecule has 0 saturated heterocycles. The largest absolute Gasteiger partial charge is 0.486 e. The Hall–Kier alpha value is -1.52. The van der Waals surface area contributed by atoms with Crippen molar-refractivity contribution in [2.24, 2.45) is 5.73 Å². The molecule has 0 bridgehead atoms. The van der Waals surface area contributed by atoms with E-state index >= 15 is 0 Å². The topological polar surface area (TPSA) is 44.5 Å². The first-order valence-corrected chi connectivity index (χ1v) is 8.42. The van der Waals surface area contributed by atoms with Gasteiger partial charge in [0.05, 0.1) is 0 Å². The third kappa shape index (κ3) is 2.32. The fraction of sp³-hybridized carbons (Fsp3) is 0.412. The van der Waals surface area contributed by atoms with Crippen LogP contribution in [0.15, 0.2) is 29.6 Å². The van der Waals surface area contributed by atoms with E-state index < -0.39 is 0 Å². The van der Waals surface area contributed by atoms with E-state index in [1.165, 1.54) is 29.7 Å². The Balaban J connectivity index is 1.65. The van der Waals surface area contributed by atoms with Crippen molar-refractivity contribution in [1.82, 2.24) is 0 Å². The quantitative estimate of drug-likeness (QED) is 0.921. The average molecular weight is 301 g/mol. The molecule has 2 N–H and O–H groups in total. The summed E-state index contributed by atoms with van der Waals surface area (Å²) in [6, 6.07) is 8.40. The number of hydrogen-bond acceptors (Lipinski definition) is 4. The van der Waals surface area contributed by atoms with Gasteiger partial charge in [-0.1, -0.05) is 6.07 Å². The smallest absolute Gasteiger partial charge is 0.161 e. The number of nitrogens with two attached hydrogens (primary N) is 1. The van der Waals surface area contributed by atoms with Crippen LogP contribution in [0.2, 0.25) is 0 Å². The van der Waals surface area contributed by atoms with Crippen molar-refractivity contribution in [3.8, 4) is 11.5 Å². The highest BCUT2D eigenvalue weighted by Crippen LogP contribution is 2.42. The van der Waals surface area contributed by atoms with Gasteiger partial charge < -0.3 is 15.2 Å². The first-order chi connectivity index (χ1) is 10.3. The molecule has 4 heteroatoms. The van der Waals surface area contributed by atoms with Crippen molar-refractivity contribution in [3.63, 3.8) is 0 Å². The Kier molecular flexibility index (Phi) is 3.36. The predicted octanol–water partition coefficient (Wildman–Crippen LogP) is 3.64. The van der Waals surface area contributed by atoms with Gasteiger partial charge in [-0.15, -0.1) is 11.3 Å². The van der Waals surface area contributed by atoms with E-state index in [9.17, 15) is 0 Å². The van der Waals surface area contributed by atoms with E-state index in [2.05, 4.69) is 23.6 Å². The number of thiophene rings is 1. The molecule has 0 saturated carbocycles. The summed E-state index contributed by atoms with van der Waals surface area (Å²) in [5, 5.41) is 2.19. The first kappa shape index (κ1) is 13.2. The average Bonchev–Trinajstić information content (AvgIpc) is 3.02. The lowest BCUT2D eigenvalue weighted by atomic mass is 9.80. The molecule has 2 unspecified atom stereocenters. The molecule has 2 aromatic rings. The van der Waals surface area contributed by atoms with Crippen molar-refractivity contribution < 1.29 is 9.47 Å². The Morgan fingerprint density at radius 3 is 2.90 bits per heavy atom. The molecule has 2 aliphatic rings. The van der Waals surface area contributed by atoms with E-state index in [0.717, 1.165) is 17.1 Å². The number of ether oxygens (including phenoxy) is 2. The van der Waals surface area contributed by atoms with Gasteiger partial charge in [0.25, 0.3) is 0 Å². The highest BCUT2D eigenvalue weighted by Gasteiger charge is 2.28. The summed E-state index contributed by atoms with van der Waals surface area (Å²) in [6.07, 6.45) is 3.60. The molecule has 0 amide bonds. The van der Waals surface area contributed by atoms with Crippen LogP contribution in [0, 0.1) is 0 Å². The number of benzene rings is 1. The van der Waals surface area contributed by atoms with Gasteiger partial charge in [-0.3, -0.25) is 0 Å². The summed E-state index contributed by atoms with van der Waals surface area (Å²) >= 11 is 1.86. The molecule has 0 fully saturated rings. The maximum Gasteiger partial charge on any atom is 0.161 e. The van der Waals surface area contributed by atoms with Crippen LogP contribution in [0.4, 0.5) is 0 Å². The maximum atomic E-state index is 6.59. The zero-order valence-electron chi connectivity index (χ0n) is 11.9. The summed E-state index contributed by atoms with van der Waals surface area (Å²) in [7, 11) is 0. The molecule has 0 spiro atoms. The lowest BCUT2D eigenvalue weighted by Crippen LogP contribution is -2.23. The third-order valence-corrected chi connectivity index (χ3v) is 5.48. The minimum Gasteiger partial charge on any atom is -0.486 e. The number of rotatable bonds is 2. The molecule has 110 valence electrons. The number of aryl methyl sites for hydroxylation is 1. The van der Waals surface area contributed by atoms with Crippen LogP contribution in [-0.4, -0.2) is 13.2 Å². The van der Waals surface area contributed by atoms with E-state index in [1.54, 1.807) is 0 Å². The highest BCUT2D eigenvalue weighted by molar-refractivity contribution is 7.10. The van der Waals surface area contributed by atoms with Crippen LogP contribution in [0.25, 0.3) is 0 Å². The molecular weight excluding hydrogens is 282 g/mol. The fourth-order valence-electron chi connectivity index (χ4n) is 3.39. The van der Waals surface area contributed by atoms with E-state index in [1.807, 2.05) is 17.4 Å². The van der Waals surface area contributed by atoms with Crippen molar-refractivity contribution in [3.05, 3.63) is 45.6 Å². The summed E-state index contributed by atoms with van der Waals surface area (Å²) in [5.74, 6) is 2.08. The Morgan fingerprint density at radius 1 is 1.14 bits per heavy atom. The summed E-state index contributed by atoms with van der Waals surface area (Å²) < 4.78 is 11.3. The predicted molar refractivity (Wildman–Crippen MR) is 84.4 cm³/mol. The highest BCUT2D eigenvalue weighted by atomic mass is 32.1. The van der Waals surface area contributed by atoms with Gasteiger partial charge in [0.15, 0.2) is 11.5 Å². The van der Waals surface area contributed by atoms with Crippen LogP contribution >= 0.6 is 11.3 Å². The van der Waals surface area contributed by atoms with E-state index in [0.29, 0.717) is 19.1 Å². The third-order valence-electron chi connectivity index (χ3n) is 4.48. The molecule has 1 aliphatic carbocycles. The Bertz CT molecular complexity index is 652. The molecule has 1 aliphatic heterocycles. The molecule has 4 rings (SSSR count). The lowest BCUT2D eigenvalue weighted by molar-refractivity contribution is 0.171. The van der Waals surface area contributed by atoms with Crippen molar-refractivity contribution in [2.75, 3.05) is 13.2 Å². The summed E-state index contributed by atoms with van der Waals surface area (Å²) in [6.45, 7) is 1.24. The lowest BCUT2D eigenvalue weighted by Gasteiger charge is -2.29. The normalized spacial score (nSPS) is 21.7. The number of hydrogen-bond donors (Lipinski definition) is 1. The molecule has 0 radical (unpaired) electrons. The molecular formula is C17H19NO2S. The van der Waals surface area contributed by atoms with Crippen molar-refractivity contribution in [2.45, 2.75) is 31.2 Å². The van der Waals surface area contributed by atoms with Gasteiger partial charge in [-0.2, -0.15) is 0 Å². The zero-order valence-corrected chi connectivity index (χ0v) is 12.7. The van der Waals surface area contributed by atoms with Crippen LogP contribution in [-0.2, 0) is 6.42 Å². The van der Waals surface area contributed by atoms with Crippen molar-refractivity contribution in [1.29, 1.82) is 0 Å². The molecule has 1 aromatic carbocycles. The Morgan fingerprint density at radius 2 is 2.00 bits per heavy atom. The van der Waals surface area contributed by atoms with Crippen LogP contribution in [0.1, 0.15) is 40.8 Å². The van der Waals surface area contributed by atoms with Gasteiger partial charge in [0.2, 0.25) is 0 Å². The summed E-state index contributed by atoms with van der Waals surface area (Å²) in [4.78, 5) is 1.51. The molecule has 2 heterocycles. The van der Waals surface area contributed by atoms with E-state index in [4.69, 9.17) is 15.2 Å². The SMILES string of the molecule is NC(c1ccc2c(c1)OCCO2)C1CCCc2sccc21. The van der Waals surface area contributed by atoms with Crippen LogP contribution in [0.3, 0.4) is 0 Å². The maximum absolute atomic E-state index is 6.59. The van der Waals surface area contributed by atoms with Crippen molar-refractivity contribution >= 4 is 11.3 Å². The van der Waals surface area contributed by atoms with Gasteiger partial charge in [-0.05, 0) is 54.0 Å². The monoisotopic (exact) mass is 301 g/mol. The molecule has 2 atom stereocenters. The standard InChI is InChI=1S/C17H19NO2S/c18-17(13-2-1-3-16-12(13)6-9-21-16)11-4-5-14-15(10-11)20-8-7-19-14/h4-6,9-10,13,17H,1-3,7-8,18H2. The first-order valence-electron chi connectivity index (χ1n) is 7.54. The fourth-order valence-corrected chi connectivity index (χ4v) is 4.39. The second kappa shape index (κ2) is 5.35. The zero-order chi connectivity index (χ0) is 14.2. The minimum atomic E-state index is 0.0227. The second-order valence-corrected chi connectivity index (χ2v) is 6.73. The molecule has 1 aromatic heterocycles. The number of fused-ring (bicyclic) bond motifs is 2. The van der Waals surface area contributed by atoms with Crippen LogP contribution in [0.5, 0.6) is 11.5 Å². The van der Waals surface area contributed by atoms with E-state index in [-0.39, 0.29) is 6.04 Å². The molecule has 21 heavy (non-hydrogen) atoms. The van der Waals surface area contributed by atoms with Gasteiger partial charge in [0.1, 0.15) is 13.2 Å². The van der Waals surface area contributed by atoms with Gasteiger partial charge in [-0.25, -0.2) is 0 Å². The minimum absolute atomic E-state index is 0.0227. The van der Waals surface area contributed by atoms with Gasteiger partial charge in [0, 0.05) is 16.8 Å².